The molecule has 4 aromatic rings. The van der Waals surface area contributed by atoms with Crippen LogP contribution in [0.25, 0.3) is 15.2 Å². The van der Waals surface area contributed by atoms with E-state index in [1.807, 2.05) is 45.3 Å². The molecule has 0 spiro atoms. The quantitative estimate of drug-likeness (QED) is 0.531. The monoisotopic (exact) mass is 382 g/mol. The summed E-state index contributed by atoms with van der Waals surface area (Å²) in [5, 5.41) is 3.06. The average Bonchev–Trinajstić information content (AvgIpc) is 3.35. The molecule has 26 heavy (non-hydrogen) atoms. The van der Waals surface area contributed by atoms with Gasteiger partial charge in [0.05, 0.1) is 28.4 Å². The van der Waals surface area contributed by atoms with Crippen molar-refractivity contribution in [3.8, 4) is 0 Å². The van der Waals surface area contributed by atoms with Crippen LogP contribution in [0.3, 0.4) is 0 Å². The number of benzene rings is 1. The van der Waals surface area contributed by atoms with Crippen molar-refractivity contribution >= 4 is 43.8 Å². The van der Waals surface area contributed by atoms with Crippen LogP contribution in [0.2, 0.25) is 0 Å². The number of hydrogen-bond donors (Lipinski definition) is 0. The number of piperidine rings is 1. The molecular weight excluding hydrogens is 364 g/mol. The SMILES string of the molecule is O=C(Cc1cn2ccsc2n1)N1CCCC[C@@H]1c1nc2ccccc2s1. The van der Waals surface area contributed by atoms with Gasteiger partial charge in [0.25, 0.3) is 0 Å². The van der Waals surface area contributed by atoms with Crippen LogP contribution in [0.15, 0.2) is 42.0 Å². The lowest BCUT2D eigenvalue weighted by Gasteiger charge is -2.34. The second-order valence-electron chi connectivity index (χ2n) is 6.62. The zero-order valence-corrected chi connectivity index (χ0v) is 15.8. The number of thiazole rings is 2. The van der Waals surface area contributed by atoms with Gasteiger partial charge >= 0.3 is 0 Å². The molecule has 0 bridgehead atoms. The zero-order chi connectivity index (χ0) is 17.5. The lowest BCUT2D eigenvalue weighted by molar-refractivity contribution is -0.134. The third-order valence-corrected chi connectivity index (χ3v) is 6.80. The van der Waals surface area contributed by atoms with E-state index in [0.29, 0.717) is 6.42 Å². The van der Waals surface area contributed by atoms with Crippen molar-refractivity contribution in [3.05, 3.63) is 52.7 Å². The Morgan fingerprint density at radius 3 is 3.04 bits per heavy atom. The van der Waals surface area contributed by atoms with E-state index in [0.717, 1.165) is 47.0 Å². The molecule has 5 rings (SSSR count). The molecule has 1 fully saturated rings. The van der Waals surface area contributed by atoms with Crippen LogP contribution in [0, 0.1) is 0 Å². The number of amides is 1. The predicted octanol–water partition coefficient (Wildman–Crippen LogP) is 4.30. The first-order valence-corrected chi connectivity index (χ1v) is 10.5. The highest BCUT2D eigenvalue weighted by Crippen LogP contribution is 2.35. The van der Waals surface area contributed by atoms with E-state index in [1.165, 1.54) is 4.70 Å². The summed E-state index contributed by atoms with van der Waals surface area (Å²) in [7, 11) is 0. The minimum Gasteiger partial charge on any atom is -0.333 e. The Hall–Kier alpha value is -2.25. The van der Waals surface area contributed by atoms with E-state index in [2.05, 4.69) is 11.1 Å². The van der Waals surface area contributed by atoms with Crippen molar-refractivity contribution in [2.75, 3.05) is 6.54 Å². The average molecular weight is 383 g/mol. The third kappa shape index (κ3) is 2.81. The largest absolute Gasteiger partial charge is 0.333 e. The van der Waals surface area contributed by atoms with Gasteiger partial charge in [0.1, 0.15) is 5.01 Å². The first-order valence-electron chi connectivity index (χ1n) is 8.84. The van der Waals surface area contributed by atoms with Crippen molar-refractivity contribution in [2.24, 2.45) is 0 Å². The Morgan fingerprint density at radius 2 is 2.15 bits per heavy atom. The molecule has 1 aliphatic heterocycles. The first kappa shape index (κ1) is 16.0. The lowest BCUT2D eigenvalue weighted by atomic mass is 10.0. The summed E-state index contributed by atoms with van der Waals surface area (Å²) in [5.74, 6) is 0.153. The molecule has 1 amide bonds. The Labute approximate surface area is 158 Å². The van der Waals surface area contributed by atoms with Crippen LogP contribution in [0.5, 0.6) is 0 Å². The van der Waals surface area contributed by atoms with Gasteiger partial charge in [-0.3, -0.25) is 9.20 Å². The van der Waals surface area contributed by atoms with Crippen LogP contribution in [0.1, 0.15) is 36.0 Å². The van der Waals surface area contributed by atoms with Crippen LogP contribution in [-0.4, -0.2) is 31.7 Å². The zero-order valence-electron chi connectivity index (χ0n) is 14.2. The van der Waals surface area contributed by atoms with Crippen molar-refractivity contribution in [1.29, 1.82) is 0 Å². The number of likely N-dealkylation sites (tertiary alicyclic amines) is 1. The Balaban J connectivity index is 1.41. The van der Waals surface area contributed by atoms with Crippen molar-refractivity contribution in [3.63, 3.8) is 0 Å². The molecule has 0 N–H and O–H groups in total. The molecule has 1 atom stereocenters. The molecule has 132 valence electrons. The van der Waals surface area contributed by atoms with E-state index >= 15 is 0 Å². The Morgan fingerprint density at radius 1 is 1.23 bits per heavy atom. The Bertz CT molecular complexity index is 1020. The molecule has 1 aliphatic rings. The van der Waals surface area contributed by atoms with Gasteiger partial charge in [-0.1, -0.05) is 12.1 Å². The summed E-state index contributed by atoms with van der Waals surface area (Å²) in [4.78, 5) is 25.4. The van der Waals surface area contributed by atoms with Gasteiger partial charge in [-0.25, -0.2) is 9.97 Å². The van der Waals surface area contributed by atoms with Crippen molar-refractivity contribution < 1.29 is 4.79 Å². The number of imidazole rings is 1. The number of rotatable bonds is 3. The highest BCUT2D eigenvalue weighted by atomic mass is 32.1. The number of aromatic nitrogens is 3. The van der Waals surface area contributed by atoms with Gasteiger partial charge in [-0.05, 0) is 31.4 Å². The molecular formula is C19H18N4OS2. The van der Waals surface area contributed by atoms with Gasteiger partial charge in [-0.2, -0.15) is 0 Å². The smallest absolute Gasteiger partial charge is 0.229 e. The van der Waals surface area contributed by atoms with Gasteiger partial charge < -0.3 is 4.90 Å². The number of nitrogens with zero attached hydrogens (tertiary/aromatic N) is 4. The van der Waals surface area contributed by atoms with Crippen LogP contribution in [0.4, 0.5) is 0 Å². The summed E-state index contributed by atoms with van der Waals surface area (Å²) >= 11 is 3.30. The number of hydrogen-bond acceptors (Lipinski definition) is 5. The number of fused-ring (bicyclic) bond motifs is 2. The van der Waals surface area contributed by atoms with E-state index in [-0.39, 0.29) is 11.9 Å². The van der Waals surface area contributed by atoms with Gasteiger partial charge in [-0.15, -0.1) is 22.7 Å². The molecule has 5 nitrogen and oxygen atoms in total. The predicted molar refractivity (Wildman–Crippen MR) is 105 cm³/mol. The molecule has 1 saturated heterocycles. The van der Waals surface area contributed by atoms with E-state index in [9.17, 15) is 4.79 Å². The van der Waals surface area contributed by atoms with E-state index in [1.54, 1.807) is 22.7 Å². The molecule has 3 aromatic heterocycles. The highest BCUT2D eigenvalue weighted by molar-refractivity contribution is 7.18. The fourth-order valence-corrected chi connectivity index (χ4v) is 5.47. The maximum absolute atomic E-state index is 13.0. The molecule has 7 heteroatoms. The highest BCUT2D eigenvalue weighted by Gasteiger charge is 2.30. The first-order chi connectivity index (χ1) is 12.8. The molecule has 0 radical (unpaired) electrons. The normalized spacial score (nSPS) is 18.0. The molecule has 4 heterocycles. The molecule has 0 aliphatic carbocycles. The van der Waals surface area contributed by atoms with Gasteiger partial charge in [0.2, 0.25) is 5.91 Å². The molecule has 1 aromatic carbocycles. The van der Waals surface area contributed by atoms with Crippen LogP contribution < -0.4 is 0 Å². The molecule has 0 saturated carbocycles. The molecule has 0 unspecified atom stereocenters. The fraction of sp³-hybridized carbons (Fsp3) is 0.316. The van der Waals surface area contributed by atoms with Gasteiger partial charge in [0.15, 0.2) is 4.96 Å². The summed E-state index contributed by atoms with van der Waals surface area (Å²) in [6.07, 6.45) is 7.49. The second-order valence-corrected chi connectivity index (χ2v) is 8.56. The minimum atomic E-state index is 0.0948. The topological polar surface area (TPSA) is 50.5 Å². The standard InChI is InChI=1S/C19H18N4OS2/c24-17(11-13-12-22-9-10-25-19(22)20-13)23-8-4-3-6-15(23)18-21-14-5-1-2-7-16(14)26-18/h1-2,5,7,9-10,12,15H,3-4,6,8,11H2/t15-/m1/s1. The van der Waals surface area contributed by atoms with Crippen molar-refractivity contribution in [1.82, 2.24) is 19.3 Å². The van der Waals surface area contributed by atoms with Gasteiger partial charge in [0, 0.05) is 24.3 Å². The lowest BCUT2D eigenvalue weighted by Crippen LogP contribution is -2.39. The minimum absolute atomic E-state index is 0.0948. The Kier molecular flexibility index (Phi) is 3.98. The second kappa shape index (κ2) is 6.48. The van der Waals surface area contributed by atoms with E-state index in [4.69, 9.17) is 4.98 Å². The van der Waals surface area contributed by atoms with Crippen LogP contribution in [-0.2, 0) is 11.2 Å². The summed E-state index contributed by atoms with van der Waals surface area (Å²) in [6, 6.07) is 8.29. The summed E-state index contributed by atoms with van der Waals surface area (Å²) < 4.78 is 3.17. The maximum atomic E-state index is 13.0. The van der Waals surface area contributed by atoms with Crippen LogP contribution >= 0.6 is 22.7 Å². The number of carbonyl (C=O) groups is 1. The maximum Gasteiger partial charge on any atom is 0.229 e. The third-order valence-electron chi connectivity index (χ3n) is 4.89. The summed E-state index contributed by atoms with van der Waals surface area (Å²) in [6.45, 7) is 0.807. The van der Waals surface area contributed by atoms with Crippen molar-refractivity contribution in [2.45, 2.75) is 31.7 Å². The number of carbonyl (C=O) groups excluding carboxylic acids is 1. The van der Waals surface area contributed by atoms with E-state index < -0.39 is 0 Å². The summed E-state index contributed by atoms with van der Waals surface area (Å²) in [5.41, 5.74) is 1.87. The fourth-order valence-electron chi connectivity index (χ4n) is 3.64. The number of para-hydroxylation sites is 1.